The summed E-state index contributed by atoms with van der Waals surface area (Å²) >= 11 is 0. The Morgan fingerprint density at radius 1 is 1.07 bits per heavy atom. The maximum Gasteiger partial charge on any atom is 0.255 e. The molecule has 2 heterocycles. The van der Waals surface area contributed by atoms with Crippen LogP contribution in [0.1, 0.15) is 46.1 Å². The summed E-state index contributed by atoms with van der Waals surface area (Å²) in [6, 6.07) is 21.7. The maximum absolute atomic E-state index is 13.1. The standard InChI is InChI=1S/C25H23N3O2/c29-25(27-22-12-7-9-18-8-1-2-10-20(18)22)21-11-3-4-13-23(21)30-17-19-16-28-15-6-5-14-24(28)26-19/h1-6,8,10-11,13-16,22H,7,9,12,17H2,(H,27,29). The number of aryl methyl sites for hydroxylation is 1. The first-order valence-corrected chi connectivity index (χ1v) is 10.3. The van der Waals surface area contributed by atoms with Crippen LogP contribution in [0.25, 0.3) is 5.65 Å². The third-order valence-electron chi connectivity index (χ3n) is 5.60. The summed E-state index contributed by atoms with van der Waals surface area (Å²) in [5.74, 6) is 0.457. The van der Waals surface area contributed by atoms with Gasteiger partial charge in [0.15, 0.2) is 0 Å². The minimum Gasteiger partial charge on any atom is -0.486 e. The van der Waals surface area contributed by atoms with Gasteiger partial charge in [-0.25, -0.2) is 4.98 Å². The summed E-state index contributed by atoms with van der Waals surface area (Å²) in [5.41, 5.74) is 4.78. The number of hydrogen-bond donors (Lipinski definition) is 1. The number of pyridine rings is 1. The number of carbonyl (C=O) groups is 1. The van der Waals surface area contributed by atoms with Gasteiger partial charge in [-0.2, -0.15) is 0 Å². The third-order valence-corrected chi connectivity index (χ3v) is 5.60. The zero-order chi connectivity index (χ0) is 20.3. The molecule has 0 fully saturated rings. The summed E-state index contributed by atoms with van der Waals surface area (Å²) in [6.45, 7) is 0.304. The van der Waals surface area contributed by atoms with Gasteiger partial charge >= 0.3 is 0 Å². The number of ether oxygens (including phenoxy) is 1. The molecule has 0 bridgehead atoms. The number of hydrogen-bond acceptors (Lipinski definition) is 3. The smallest absolute Gasteiger partial charge is 0.255 e. The number of rotatable bonds is 5. The lowest BCUT2D eigenvalue weighted by Gasteiger charge is -2.26. The first kappa shape index (κ1) is 18.4. The van der Waals surface area contributed by atoms with Crippen LogP contribution in [0.5, 0.6) is 5.75 Å². The Hall–Kier alpha value is -3.60. The lowest BCUT2D eigenvalue weighted by molar-refractivity contribution is 0.0928. The Kier molecular flexibility index (Phi) is 4.93. The Labute approximate surface area is 175 Å². The minimum atomic E-state index is -0.109. The van der Waals surface area contributed by atoms with Crippen molar-refractivity contribution in [1.82, 2.24) is 14.7 Å². The zero-order valence-electron chi connectivity index (χ0n) is 16.6. The van der Waals surface area contributed by atoms with Crippen LogP contribution in [0, 0.1) is 0 Å². The van der Waals surface area contributed by atoms with Crippen LogP contribution in [-0.2, 0) is 13.0 Å². The monoisotopic (exact) mass is 397 g/mol. The second-order valence-electron chi connectivity index (χ2n) is 7.60. The summed E-state index contributed by atoms with van der Waals surface area (Å²) < 4.78 is 7.95. The fourth-order valence-corrected chi connectivity index (χ4v) is 4.13. The van der Waals surface area contributed by atoms with Crippen LogP contribution in [0.3, 0.4) is 0 Å². The zero-order valence-corrected chi connectivity index (χ0v) is 16.6. The number of benzene rings is 2. The van der Waals surface area contributed by atoms with Crippen LogP contribution in [-0.4, -0.2) is 15.3 Å². The number of carbonyl (C=O) groups excluding carboxylic acids is 1. The Morgan fingerprint density at radius 2 is 1.90 bits per heavy atom. The third kappa shape index (κ3) is 3.66. The van der Waals surface area contributed by atoms with Gasteiger partial charge in [0.2, 0.25) is 0 Å². The maximum atomic E-state index is 13.1. The Balaban J connectivity index is 1.32. The van der Waals surface area contributed by atoms with Gasteiger partial charge in [-0.05, 0) is 54.7 Å². The molecule has 1 amide bonds. The molecule has 1 aliphatic carbocycles. The molecule has 150 valence electrons. The van der Waals surface area contributed by atoms with Gasteiger partial charge in [-0.15, -0.1) is 0 Å². The normalized spacial score (nSPS) is 15.5. The second-order valence-corrected chi connectivity index (χ2v) is 7.60. The first-order valence-electron chi connectivity index (χ1n) is 10.3. The van der Waals surface area contributed by atoms with Crippen molar-refractivity contribution in [3.05, 3.63) is 102 Å². The molecule has 1 atom stereocenters. The van der Waals surface area contributed by atoms with Gasteiger partial charge in [0.25, 0.3) is 5.91 Å². The molecule has 2 aromatic heterocycles. The molecule has 2 aromatic carbocycles. The van der Waals surface area contributed by atoms with Crippen molar-refractivity contribution < 1.29 is 9.53 Å². The highest BCUT2D eigenvalue weighted by Gasteiger charge is 2.23. The molecule has 30 heavy (non-hydrogen) atoms. The quantitative estimate of drug-likeness (QED) is 0.530. The van der Waals surface area contributed by atoms with E-state index in [-0.39, 0.29) is 11.9 Å². The molecular formula is C25H23N3O2. The van der Waals surface area contributed by atoms with E-state index in [0.29, 0.717) is 17.9 Å². The van der Waals surface area contributed by atoms with Gasteiger partial charge in [0.1, 0.15) is 18.0 Å². The van der Waals surface area contributed by atoms with Crippen molar-refractivity contribution in [2.45, 2.75) is 31.9 Å². The van der Waals surface area contributed by atoms with E-state index < -0.39 is 0 Å². The topological polar surface area (TPSA) is 55.6 Å². The van der Waals surface area contributed by atoms with E-state index in [4.69, 9.17) is 4.74 Å². The molecule has 4 aromatic rings. The van der Waals surface area contributed by atoms with Gasteiger partial charge in [0.05, 0.1) is 17.3 Å². The van der Waals surface area contributed by atoms with E-state index in [1.807, 2.05) is 65.3 Å². The molecule has 0 saturated heterocycles. The molecule has 1 unspecified atom stereocenters. The molecule has 0 radical (unpaired) electrons. The molecule has 0 aliphatic heterocycles. The van der Waals surface area contributed by atoms with Gasteiger partial charge < -0.3 is 14.5 Å². The molecule has 1 N–H and O–H groups in total. The molecule has 0 spiro atoms. The molecule has 5 rings (SSSR count). The number of amides is 1. The van der Waals surface area contributed by atoms with Crippen LogP contribution in [0.15, 0.2) is 79.1 Å². The lowest BCUT2D eigenvalue weighted by atomic mass is 9.87. The van der Waals surface area contributed by atoms with Crippen LogP contribution in [0.4, 0.5) is 0 Å². The SMILES string of the molecule is O=C(NC1CCCc2ccccc21)c1ccccc1OCc1cn2ccccc2n1. The van der Waals surface area contributed by atoms with E-state index in [0.717, 1.165) is 30.6 Å². The van der Waals surface area contributed by atoms with Crippen molar-refractivity contribution >= 4 is 11.6 Å². The predicted octanol–water partition coefficient (Wildman–Crippen LogP) is 4.72. The lowest BCUT2D eigenvalue weighted by Crippen LogP contribution is -2.31. The van der Waals surface area contributed by atoms with E-state index in [9.17, 15) is 4.79 Å². The summed E-state index contributed by atoms with van der Waals surface area (Å²) in [6.07, 6.45) is 6.99. The molecular weight excluding hydrogens is 374 g/mol. The second kappa shape index (κ2) is 8.03. The van der Waals surface area contributed by atoms with Crippen molar-refractivity contribution in [3.8, 4) is 5.75 Å². The van der Waals surface area contributed by atoms with Gasteiger partial charge in [0, 0.05) is 12.4 Å². The number of imidazole rings is 1. The molecule has 0 saturated carbocycles. The van der Waals surface area contributed by atoms with E-state index >= 15 is 0 Å². The molecule has 5 heteroatoms. The average molecular weight is 397 g/mol. The van der Waals surface area contributed by atoms with Crippen LogP contribution >= 0.6 is 0 Å². The number of aromatic nitrogens is 2. The fourth-order valence-electron chi connectivity index (χ4n) is 4.13. The van der Waals surface area contributed by atoms with Crippen molar-refractivity contribution in [1.29, 1.82) is 0 Å². The molecule has 5 nitrogen and oxygen atoms in total. The van der Waals surface area contributed by atoms with Gasteiger partial charge in [-0.3, -0.25) is 4.79 Å². The van der Waals surface area contributed by atoms with E-state index in [1.54, 1.807) is 0 Å². The highest BCUT2D eigenvalue weighted by atomic mass is 16.5. The highest BCUT2D eigenvalue weighted by Crippen LogP contribution is 2.30. The van der Waals surface area contributed by atoms with E-state index in [1.165, 1.54) is 11.1 Å². The van der Waals surface area contributed by atoms with E-state index in [2.05, 4.69) is 28.5 Å². The summed E-state index contributed by atoms with van der Waals surface area (Å²) in [4.78, 5) is 17.6. The first-order chi connectivity index (χ1) is 14.8. The number of fused-ring (bicyclic) bond motifs is 2. The molecule has 1 aliphatic rings. The van der Waals surface area contributed by atoms with Crippen molar-refractivity contribution in [2.24, 2.45) is 0 Å². The largest absolute Gasteiger partial charge is 0.486 e. The van der Waals surface area contributed by atoms with Crippen LogP contribution in [0.2, 0.25) is 0 Å². The highest BCUT2D eigenvalue weighted by molar-refractivity contribution is 5.97. The average Bonchev–Trinajstić information content (AvgIpc) is 3.21. The Bertz CT molecular complexity index is 1160. The number of nitrogens with one attached hydrogen (secondary N) is 1. The fraction of sp³-hybridized carbons (Fsp3) is 0.200. The Morgan fingerprint density at radius 3 is 2.83 bits per heavy atom. The number of para-hydroxylation sites is 1. The van der Waals surface area contributed by atoms with Crippen LogP contribution < -0.4 is 10.1 Å². The van der Waals surface area contributed by atoms with Crippen molar-refractivity contribution in [3.63, 3.8) is 0 Å². The summed E-state index contributed by atoms with van der Waals surface area (Å²) in [7, 11) is 0. The number of nitrogens with zero attached hydrogens (tertiary/aromatic N) is 2. The van der Waals surface area contributed by atoms with Gasteiger partial charge in [-0.1, -0.05) is 42.5 Å². The minimum absolute atomic E-state index is 0.0361. The summed E-state index contributed by atoms with van der Waals surface area (Å²) in [5, 5.41) is 3.21. The predicted molar refractivity (Wildman–Crippen MR) is 116 cm³/mol. The van der Waals surface area contributed by atoms with Crippen molar-refractivity contribution in [2.75, 3.05) is 0 Å².